The summed E-state index contributed by atoms with van der Waals surface area (Å²) in [7, 11) is 0. The van der Waals surface area contributed by atoms with Crippen LogP contribution in [0, 0.1) is 11.8 Å². The number of carbonyl (C=O) groups is 1. The predicted octanol–water partition coefficient (Wildman–Crippen LogP) is 4.35. The first-order valence-corrected chi connectivity index (χ1v) is 9.91. The van der Waals surface area contributed by atoms with Crippen molar-refractivity contribution >= 4 is 11.7 Å². The maximum atomic E-state index is 12.2. The fraction of sp³-hybridized carbons (Fsp3) is 0.500. The van der Waals surface area contributed by atoms with Gasteiger partial charge < -0.3 is 10.4 Å². The van der Waals surface area contributed by atoms with Gasteiger partial charge in [-0.1, -0.05) is 63.8 Å². The third-order valence-electron chi connectivity index (χ3n) is 5.09. The molecule has 1 aliphatic carbocycles. The van der Waals surface area contributed by atoms with E-state index in [9.17, 15) is 9.90 Å². The van der Waals surface area contributed by atoms with Crippen molar-refractivity contribution in [2.45, 2.75) is 59.0 Å². The molecule has 27 heavy (non-hydrogen) atoms. The third-order valence-corrected chi connectivity index (χ3v) is 5.09. The number of carbonyl (C=O) groups excluding carboxylic acids is 1. The monoisotopic (exact) mass is 367 g/mol. The molecule has 0 aliphatic heterocycles. The first kappa shape index (κ1) is 19.5. The molecule has 3 rings (SSSR count). The van der Waals surface area contributed by atoms with Crippen LogP contribution in [0.1, 0.15) is 57.2 Å². The molecule has 1 aromatic heterocycles. The van der Waals surface area contributed by atoms with Crippen LogP contribution in [0.2, 0.25) is 0 Å². The van der Waals surface area contributed by atoms with Crippen molar-refractivity contribution in [3.8, 4) is 11.3 Å². The summed E-state index contributed by atoms with van der Waals surface area (Å²) in [5, 5.41) is 12.2. The highest BCUT2D eigenvalue weighted by atomic mass is 16.3. The summed E-state index contributed by atoms with van der Waals surface area (Å²) in [5.41, 5.74) is 3.51. The number of amides is 1. The van der Waals surface area contributed by atoms with Crippen LogP contribution in [0.15, 0.2) is 30.5 Å². The van der Waals surface area contributed by atoms with Crippen LogP contribution in [-0.4, -0.2) is 21.0 Å². The molecule has 0 atom stereocenters. The molecule has 1 aromatic carbocycles. The molecular formula is C22H29N3O2. The third kappa shape index (κ3) is 5.36. The molecule has 0 radical (unpaired) electrons. The molecule has 0 spiro atoms. The normalized spacial score (nSPS) is 14.7. The molecule has 1 amide bonds. The Morgan fingerprint density at radius 3 is 2.56 bits per heavy atom. The van der Waals surface area contributed by atoms with E-state index in [0.717, 1.165) is 28.9 Å². The van der Waals surface area contributed by atoms with Crippen LogP contribution in [0.5, 0.6) is 0 Å². The van der Waals surface area contributed by atoms with E-state index in [1.54, 1.807) is 6.20 Å². The first-order chi connectivity index (χ1) is 13.0. The largest absolute Gasteiger partial charge is 0.392 e. The van der Waals surface area contributed by atoms with Gasteiger partial charge in [0.2, 0.25) is 5.91 Å². The van der Waals surface area contributed by atoms with Crippen molar-refractivity contribution in [1.82, 2.24) is 9.97 Å². The van der Waals surface area contributed by atoms with E-state index in [1.165, 1.54) is 25.7 Å². The Balaban J connectivity index is 1.86. The number of hydrogen-bond acceptors (Lipinski definition) is 4. The number of nitrogens with zero attached hydrogens (tertiary/aromatic N) is 2. The van der Waals surface area contributed by atoms with Crippen molar-refractivity contribution in [3.05, 3.63) is 41.7 Å². The molecule has 5 nitrogen and oxygen atoms in total. The Morgan fingerprint density at radius 2 is 1.93 bits per heavy atom. The lowest BCUT2D eigenvalue weighted by atomic mass is 10.0. The van der Waals surface area contributed by atoms with Gasteiger partial charge in [-0.3, -0.25) is 4.79 Å². The lowest BCUT2D eigenvalue weighted by molar-refractivity contribution is -0.116. The van der Waals surface area contributed by atoms with E-state index >= 15 is 0 Å². The topological polar surface area (TPSA) is 75.1 Å². The van der Waals surface area contributed by atoms with Crippen LogP contribution in [0.3, 0.4) is 0 Å². The molecule has 0 unspecified atom stereocenters. The van der Waals surface area contributed by atoms with Gasteiger partial charge in [-0.05, 0) is 23.8 Å². The Hall–Kier alpha value is -2.27. The van der Waals surface area contributed by atoms with Gasteiger partial charge >= 0.3 is 0 Å². The maximum absolute atomic E-state index is 12.2. The minimum atomic E-state index is -0.00739. The van der Waals surface area contributed by atoms with Crippen LogP contribution in [0.4, 0.5) is 5.82 Å². The highest BCUT2D eigenvalue weighted by Crippen LogP contribution is 2.30. The number of hydrogen-bond donors (Lipinski definition) is 2. The second-order valence-corrected chi connectivity index (χ2v) is 7.91. The quantitative estimate of drug-likeness (QED) is 0.763. The maximum Gasteiger partial charge on any atom is 0.225 e. The molecule has 2 N–H and O–H groups in total. The van der Waals surface area contributed by atoms with E-state index in [-0.39, 0.29) is 12.5 Å². The summed E-state index contributed by atoms with van der Waals surface area (Å²) in [6, 6.07) is 7.69. The van der Waals surface area contributed by atoms with Gasteiger partial charge in [0.05, 0.1) is 24.2 Å². The molecule has 0 saturated heterocycles. The van der Waals surface area contributed by atoms with E-state index in [2.05, 4.69) is 10.3 Å². The summed E-state index contributed by atoms with van der Waals surface area (Å²) in [4.78, 5) is 21.6. The smallest absolute Gasteiger partial charge is 0.225 e. The van der Waals surface area contributed by atoms with Gasteiger partial charge in [0.1, 0.15) is 0 Å². The molecule has 1 fully saturated rings. The second kappa shape index (κ2) is 9.09. The highest BCUT2D eigenvalue weighted by Gasteiger charge is 2.20. The minimum absolute atomic E-state index is 0.00739. The Kier molecular flexibility index (Phi) is 6.56. The summed E-state index contributed by atoms with van der Waals surface area (Å²) >= 11 is 0. The van der Waals surface area contributed by atoms with E-state index < -0.39 is 0 Å². The van der Waals surface area contributed by atoms with Gasteiger partial charge in [-0.2, -0.15) is 0 Å². The highest BCUT2D eigenvalue weighted by molar-refractivity contribution is 5.90. The lowest BCUT2D eigenvalue weighted by Gasteiger charge is -2.15. The van der Waals surface area contributed by atoms with Gasteiger partial charge in [-0.25, -0.2) is 9.97 Å². The molecule has 1 heterocycles. The first-order valence-electron chi connectivity index (χ1n) is 9.91. The number of aliphatic hydroxyl groups is 1. The number of benzene rings is 1. The van der Waals surface area contributed by atoms with E-state index in [4.69, 9.17) is 4.98 Å². The molecule has 144 valence electrons. The molecular weight excluding hydrogens is 338 g/mol. The predicted molar refractivity (Wildman–Crippen MR) is 107 cm³/mol. The summed E-state index contributed by atoms with van der Waals surface area (Å²) in [6.07, 6.45) is 8.04. The van der Waals surface area contributed by atoms with Crippen molar-refractivity contribution in [2.75, 3.05) is 5.32 Å². The van der Waals surface area contributed by atoms with Crippen molar-refractivity contribution in [2.24, 2.45) is 11.8 Å². The fourth-order valence-corrected chi connectivity index (χ4v) is 3.64. The minimum Gasteiger partial charge on any atom is -0.392 e. The average molecular weight is 367 g/mol. The van der Waals surface area contributed by atoms with Crippen LogP contribution in [-0.2, 0) is 17.8 Å². The summed E-state index contributed by atoms with van der Waals surface area (Å²) in [5.74, 6) is 1.52. The van der Waals surface area contributed by atoms with Crippen molar-refractivity contribution < 1.29 is 9.90 Å². The summed E-state index contributed by atoms with van der Waals surface area (Å²) in [6.45, 7) is 4.09. The number of anilines is 1. The van der Waals surface area contributed by atoms with Gasteiger partial charge in [0, 0.05) is 12.0 Å². The number of aliphatic hydroxyl groups excluding tert-OH is 1. The van der Waals surface area contributed by atoms with Gasteiger partial charge in [0.25, 0.3) is 0 Å². The van der Waals surface area contributed by atoms with Crippen molar-refractivity contribution in [3.63, 3.8) is 0 Å². The van der Waals surface area contributed by atoms with E-state index in [0.29, 0.717) is 24.1 Å². The zero-order valence-corrected chi connectivity index (χ0v) is 16.2. The van der Waals surface area contributed by atoms with Gasteiger partial charge in [-0.15, -0.1) is 0 Å². The Bertz CT molecular complexity index is 766. The molecule has 1 saturated carbocycles. The lowest BCUT2D eigenvalue weighted by Crippen LogP contribution is -2.18. The summed E-state index contributed by atoms with van der Waals surface area (Å²) < 4.78 is 0. The molecule has 5 heteroatoms. The SMILES string of the molecule is CC(C)CC(=O)Nc1ncc(-c2ccc(CO)cc2)nc1CC1CCCC1. The van der Waals surface area contributed by atoms with Crippen LogP contribution < -0.4 is 5.32 Å². The van der Waals surface area contributed by atoms with Crippen molar-refractivity contribution in [1.29, 1.82) is 0 Å². The molecule has 2 aromatic rings. The zero-order chi connectivity index (χ0) is 19.2. The Labute approximate surface area is 161 Å². The molecule has 0 bridgehead atoms. The van der Waals surface area contributed by atoms with Crippen LogP contribution in [0.25, 0.3) is 11.3 Å². The van der Waals surface area contributed by atoms with Crippen LogP contribution >= 0.6 is 0 Å². The van der Waals surface area contributed by atoms with E-state index in [1.807, 2.05) is 38.1 Å². The van der Waals surface area contributed by atoms with Gasteiger partial charge in [0.15, 0.2) is 5.82 Å². The number of nitrogens with one attached hydrogen (secondary N) is 1. The fourth-order valence-electron chi connectivity index (χ4n) is 3.64. The number of rotatable bonds is 7. The zero-order valence-electron chi connectivity index (χ0n) is 16.2. The Morgan fingerprint density at radius 1 is 1.22 bits per heavy atom. The molecule has 1 aliphatic rings. The standard InChI is InChI=1S/C22H29N3O2/c1-15(2)11-21(27)25-22-19(12-16-5-3-4-6-16)24-20(13-23-22)18-9-7-17(14-26)8-10-18/h7-10,13,15-16,26H,3-6,11-12,14H2,1-2H3,(H,23,25,27). The number of aromatic nitrogens is 2. The second-order valence-electron chi connectivity index (χ2n) is 7.91. The average Bonchev–Trinajstić information content (AvgIpc) is 3.15.